The smallest absolute Gasteiger partial charge is 0.254 e. The molecule has 2 aliphatic rings. The molecule has 0 radical (unpaired) electrons. The van der Waals surface area contributed by atoms with E-state index in [0.29, 0.717) is 31.1 Å². The lowest BCUT2D eigenvalue weighted by molar-refractivity contribution is -0.122. The third-order valence-corrected chi connectivity index (χ3v) is 5.61. The predicted molar refractivity (Wildman–Crippen MR) is 105 cm³/mol. The Bertz CT molecular complexity index is 875. The largest absolute Gasteiger partial charge is 0.508 e. The van der Waals surface area contributed by atoms with E-state index in [1.165, 1.54) is 12.1 Å². The summed E-state index contributed by atoms with van der Waals surface area (Å²) in [5, 5.41) is 17.1. The van der Waals surface area contributed by atoms with Crippen LogP contribution in [-0.4, -0.2) is 57.9 Å². The molecule has 0 saturated carbocycles. The molecular formula is C21H26N4O4. The highest BCUT2D eigenvalue weighted by molar-refractivity contribution is 5.94. The number of benzene rings is 1. The molecule has 0 unspecified atom stereocenters. The van der Waals surface area contributed by atoms with E-state index in [1.807, 2.05) is 10.7 Å². The zero-order valence-corrected chi connectivity index (χ0v) is 16.3. The fraction of sp³-hybridized carbons (Fsp3) is 0.476. The van der Waals surface area contributed by atoms with E-state index < -0.39 is 0 Å². The highest BCUT2D eigenvalue weighted by Crippen LogP contribution is 2.25. The maximum atomic E-state index is 12.9. The number of aromatic hydroxyl groups is 1. The van der Waals surface area contributed by atoms with Gasteiger partial charge in [0.05, 0.1) is 24.7 Å². The number of ether oxygens (including phenoxy) is 1. The molecule has 1 saturated heterocycles. The zero-order chi connectivity index (χ0) is 20.2. The molecule has 4 rings (SSSR count). The Balaban J connectivity index is 1.41. The monoisotopic (exact) mass is 398 g/mol. The SMILES string of the molecule is O=C(C[C@H]1CN(C(=O)c2cccc(O)c2)Cc2ccnn21)NCC1CCOCC1. The Morgan fingerprint density at radius 2 is 2.07 bits per heavy atom. The van der Waals surface area contributed by atoms with Crippen molar-refractivity contribution >= 4 is 11.8 Å². The van der Waals surface area contributed by atoms with Crippen LogP contribution in [0.2, 0.25) is 0 Å². The molecule has 2 aliphatic heterocycles. The summed E-state index contributed by atoms with van der Waals surface area (Å²) in [7, 11) is 0. The minimum Gasteiger partial charge on any atom is -0.508 e. The minimum atomic E-state index is -0.218. The number of aromatic nitrogens is 2. The number of hydrogen-bond donors (Lipinski definition) is 2. The van der Waals surface area contributed by atoms with Gasteiger partial charge < -0.3 is 20.1 Å². The average Bonchev–Trinajstić information content (AvgIpc) is 3.21. The first kappa shape index (κ1) is 19.4. The van der Waals surface area contributed by atoms with Crippen molar-refractivity contribution in [1.82, 2.24) is 20.0 Å². The lowest BCUT2D eigenvalue weighted by Crippen LogP contribution is -2.43. The third kappa shape index (κ3) is 4.59. The molecule has 8 heteroatoms. The van der Waals surface area contributed by atoms with Crippen molar-refractivity contribution in [3.63, 3.8) is 0 Å². The molecule has 2 N–H and O–H groups in total. The van der Waals surface area contributed by atoms with Gasteiger partial charge in [0, 0.05) is 38.1 Å². The Labute approximate surface area is 169 Å². The number of nitrogens with zero attached hydrogens (tertiary/aromatic N) is 3. The fourth-order valence-corrected chi connectivity index (χ4v) is 4.01. The average molecular weight is 398 g/mol. The second-order valence-electron chi connectivity index (χ2n) is 7.72. The molecule has 8 nitrogen and oxygen atoms in total. The van der Waals surface area contributed by atoms with Crippen LogP contribution in [0.25, 0.3) is 0 Å². The van der Waals surface area contributed by atoms with Gasteiger partial charge in [0.2, 0.25) is 5.91 Å². The van der Waals surface area contributed by atoms with Crippen LogP contribution in [0.3, 0.4) is 0 Å². The molecular weight excluding hydrogens is 372 g/mol. The van der Waals surface area contributed by atoms with Crippen molar-refractivity contribution in [3.8, 4) is 5.75 Å². The highest BCUT2D eigenvalue weighted by Gasteiger charge is 2.30. The van der Waals surface area contributed by atoms with E-state index in [2.05, 4.69) is 10.4 Å². The quantitative estimate of drug-likeness (QED) is 0.799. The number of fused-ring (bicyclic) bond motifs is 1. The maximum absolute atomic E-state index is 12.9. The number of carbonyl (C=O) groups excluding carboxylic acids is 2. The molecule has 154 valence electrons. The predicted octanol–water partition coefficient (Wildman–Crippen LogP) is 1.72. The van der Waals surface area contributed by atoms with Crippen LogP contribution < -0.4 is 5.32 Å². The molecule has 3 heterocycles. The van der Waals surface area contributed by atoms with Crippen LogP contribution in [0.15, 0.2) is 36.5 Å². The molecule has 29 heavy (non-hydrogen) atoms. The summed E-state index contributed by atoms with van der Waals surface area (Å²) in [6, 6.07) is 7.98. The molecule has 1 fully saturated rings. The number of carbonyl (C=O) groups is 2. The number of amides is 2. The minimum absolute atomic E-state index is 0.0328. The van der Waals surface area contributed by atoms with Crippen LogP contribution >= 0.6 is 0 Å². The van der Waals surface area contributed by atoms with Crippen LogP contribution in [-0.2, 0) is 16.1 Å². The van der Waals surface area contributed by atoms with Gasteiger partial charge in [-0.25, -0.2) is 0 Å². The zero-order valence-electron chi connectivity index (χ0n) is 16.3. The summed E-state index contributed by atoms with van der Waals surface area (Å²) >= 11 is 0. The molecule has 1 aromatic heterocycles. The van der Waals surface area contributed by atoms with E-state index in [0.717, 1.165) is 31.7 Å². The normalized spacial score (nSPS) is 19.6. The van der Waals surface area contributed by atoms with Crippen LogP contribution in [0, 0.1) is 5.92 Å². The van der Waals surface area contributed by atoms with Gasteiger partial charge in [-0.05, 0) is 43.0 Å². The van der Waals surface area contributed by atoms with E-state index in [-0.39, 0.29) is 30.0 Å². The van der Waals surface area contributed by atoms with Crippen molar-refractivity contribution in [2.75, 3.05) is 26.3 Å². The van der Waals surface area contributed by atoms with E-state index in [9.17, 15) is 14.7 Å². The molecule has 0 bridgehead atoms. The summed E-state index contributed by atoms with van der Waals surface area (Å²) in [5.41, 5.74) is 1.33. The van der Waals surface area contributed by atoms with Crippen molar-refractivity contribution < 1.29 is 19.4 Å². The molecule has 2 aromatic rings. The molecule has 2 amide bonds. The van der Waals surface area contributed by atoms with Gasteiger partial charge in [0.15, 0.2) is 0 Å². The highest BCUT2D eigenvalue weighted by atomic mass is 16.5. The summed E-state index contributed by atoms with van der Waals surface area (Å²) in [4.78, 5) is 27.2. The molecule has 0 aliphatic carbocycles. The van der Waals surface area contributed by atoms with Crippen molar-refractivity contribution in [1.29, 1.82) is 0 Å². The second kappa shape index (κ2) is 8.65. The van der Waals surface area contributed by atoms with Gasteiger partial charge >= 0.3 is 0 Å². The van der Waals surface area contributed by atoms with Crippen molar-refractivity contribution in [2.24, 2.45) is 5.92 Å². The van der Waals surface area contributed by atoms with Crippen LogP contribution in [0.1, 0.15) is 41.4 Å². The Morgan fingerprint density at radius 3 is 2.86 bits per heavy atom. The number of phenols is 1. The number of rotatable bonds is 5. The first-order valence-electron chi connectivity index (χ1n) is 10.1. The standard InChI is InChI=1S/C21H26N4O4/c26-19-3-1-2-16(10-19)21(28)24-13-17-4-7-23-25(17)18(14-24)11-20(27)22-12-15-5-8-29-9-6-15/h1-4,7,10,15,18,26H,5-6,8-9,11-14H2,(H,22,27)/t18-/m0/s1. The fourth-order valence-electron chi connectivity index (χ4n) is 4.01. The van der Waals surface area contributed by atoms with E-state index >= 15 is 0 Å². The molecule has 1 aromatic carbocycles. The number of nitrogens with one attached hydrogen (secondary N) is 1. The summed E-state index contributed by atoms with van der Waals surface area (Å²) in [6.45, 7) is 2.99. The Hall–Kier alpha value is -2.87. The summed E-state index contributed by atoms with van der Waals surface area (Å²) in [5.74, 6) is 0.320. The Morgan fingerprint density at radius 1 is 1.24 bits per heavy atom. The first-order chi connectivity index (χ1) is 14.1. The summed E-state index contributed by atoms with van der Waals surface area (Å²) in [6.07, 6.45) is 3.91. The molecule has 1 atom stereocenters. The lowest BCUT2D eigenvalue weighted by Gasteiger charge is -2.34. The van der Waals surface area contributed by atoms with Gasteiger partial charge in [-0.15, -0.1) is 0 Å². The van der Waals surface area contributed by atoms with E-state index in [4.69, 9.17) is 4.74 Å². The molecule has 0 spiro atoms. The Kier molecular flexibility index (Phi) is 5.80. The van der Waals surface area contributed by atoms with Gasteiger partial charge in [-0.3, -0.25) is 14.3 Å². The second-order valence-corrected chi connectivity index (χ2v) is 7.72. The van der Waals surface area contributed by atoms with Gasteiger partial charge in [0.25, 0.3) is 5.91 Å². The van der Waals surface area contributed by atoms with Gasteiger partial charge in [-0.2, -0.15) is 5.10 Å². The topological polar surface area (TPSA) is 96.7 Å². The van der Waals surface area contributed by atoms with Crippen molar-refractivity contribution in [3.05, 3.63) is 47.8 Å². The third-order valence-electron chi connectivity index (χ3n) is 5.61. The lowest BCUT2D eigenvalue weighted by atomic mass is 10.0. The van der Waals surface area contributed by atoms with Crippen molar-refractivity contribution in [2.45, 2.75) is 31.8 Å². The maximum Gasteiger partial charge on any atom is 0.254 e. The van der Waals surface area contributed by atoms with E-state index in [1.54, 1.807) is 23.2 Å². The van der Waals surface area contributed by atoms with Gasteiger partial charge in [-0.1, -0.05) is 6.07 Å². The number of hydrogen-bond acceptors (Lipinski definition) is 5. The number of phenolic OH excluding ortho intramolecular Hbond substituents is 1. The van der Waals surface area contributed by atoms with Gasteiger partial charge in [0.1, 0.15) is 5.75 Å². The van der Waals surface area contributed by atoms with Crippen LogP contribution in [0.5, 0.6) is 5.75 Å². The van der Waals surface area contributed by atoms with Crippen LogP contribution in [0.4, 0.5) is 0 Å². The summed E-state index contributed by atoms with van der Waals surface area (Å²) < 4.78 is 7.21. The first-order valence-corrected chi connectivity index (χ1v) is 10.1.